The highest BCUT2D eigenvalue weighted by molar-refractivity contribution is 5.74. The minimum Gasteiger partial charge on any atom is -0.489 e. The van der Waals surface area contributed by atoms with Gasteiger partial charge < -0.3 is 19.9 Å². The van der Waals surface area contributed by atoms with Crippen molar-refractivity contribution in [1.82, 2.24) is 15.1 Å². The van der Waals surface area contributed by atoms with Crippen molar-refractivity contribution < 1.29 is 9.53 Å². The lowest BCUT2D eigenvalue weighted by atomic mass is 10.2. The molecule has 1 unspecified atom stereocenters. The van der Waals surface area contributed by atoms with Gasteiger partial charge in [0.2, 0.25) is 0 Å². The summed E-state index contributed by atoms with van der Waals surface area (Å²) in [7, 11) is 4.13. The van der Waals surface area contributed by atoms with E-state index in [0.717, 1.165) is 36.4 Å². The first-order valence-corrected chi connectivity index (χ1v) is 9.06. The van der Waals surface area contributed by atoms with E-state index in [1.807, 2.05) is 59.5 Å². The molecule has 1 heterocycles. The van der Waals surface area contributed by atoms with Crippen LogP contribution in [0.3, 0.4) is 0 Å². The van der Waals surface area contributed by atoms with Gasteiger partial charge in [0, 0.05) is 25.7 Å². The number of nitrogens with one attached hydrogen (secondary N) is 1. The van der Waals surface area contributed by atoms with Crippen LogP contribution in [0, 0.1) is 0 Å². The van der Waals surface area contributed by atoms with Gasteiger partial charge in [0.05, 0.1) is 0 Å². The van der Waals surface area contributed by atoms with E-state index in [1.54, 1.807) is 0 Å². The maximum atomic E-state index is 12.3. The van der Waals surface area contributed by atoms with Crippen molar-refractivity contribution in [3.63, 3.8) is 0 Å². The zero-order valence-corrected chi connectivity index (χ0v) is 15.5. The molecule has 5 heteroatoms. The molecular weight excluding hydrogens is 326 g/mol. The van der Waals surface area contributed by atoms with Crippen LogP contribution in [0.1, 0.15) is 17.5 Å². The molecule has 1 N–H and O–H groups in total. The Morgan fingerprint density at radius 2 is 1.92 bits per heavy atom. The third-order valence-corrected chi connectivity index (χ3v) is 4.77. The number of rotatable bonds is 6. The van der Waals surface area contributed by atoms with Crippen molar-refractivity contribution in [2.75, 3.05) is 27.2 Å². The van der Waals surface area contributed by atoms with Gasteiger partial charge in [0.15, 0.2) is 0 Å². The summed E-state index contributed by atoms with van der Waals surface area (Å²) in [6.45, 7) is 2.65. The van der Waals surface area contributed by atoms with E-state index in [2.05, 4.69) is 24.3 Å². The summed E-state index contributed by atoms with van der Waals surface area (Å²) < 4.78 is 5.85. The van der Waals surface area contributed by atoms with E-state index >= 15 is 0 Å². The molecule has 1 aliphatic heterocycles. The summed E-state index contributed by atoms with van der Waals surface area (Å²) in [5.74, 6) is 0.814. The Morgan fingerprint density at radius 3 is 2.65 bits per heavy atom. The van der Waals surface area contributed by atoms with Crippen molar-refractivity contribution in [3.8, 4) is 5.75 Å². The summed E-state index contributed by atoms with van der Waals surface area (Å²) >= 11 is 0. The van der Waals surface area contributed by atoms with Gasteiger partial charge in [0.25, 0.3) is 0 Å². The molecule has 2 amide bonds. The number of urea groups is 1. The van der Waals surface area contributed by atoms with Crippen molar-refractivity contribution in [2.24, 2.45) is 0 Å². The molecule has 1 saturated heterocycles. The third kappa shape index (κ3) is 4.99. The molecular formula is C21H27N3O2. The van der Waals surface area contributed by atoms with Crippen molar-refractivity contribution in [3.05, 3.63) is 65.7 Å². The van der Waals surface area contributed by atoms with Crippen LogP contribution < -0.4 is 10.1 Å². The van der Waals surface area contributed by atoms with Crippen molar-refractivity contribution >= 4 is 6.03 Å². The van der Waals surface area contributed by atoms with Gasteiger partial charge in [0.1, 0.15) is 12.4 Å². The van der Waals surface area contributed by atoms with E-state index in [0.29, 0.717) is 19.2 Å². The first kappa shape index (κ1) is 18.3. The Balaban J connectivity index is 1.48. The molecule has 2 aromatic carbocycles. The number of amides is 2. The highest BCUT2D eigenvalue weighted by Crippen LogP contribution is 2.16. The minimum atomic E-state index is 0.00459. The van der Waals surface area contributed by atoms with Crippen LogP contribution in [-0.2, 0) is 13.2 Å². The summed E-state index contributed by atoms with van der Waals surface area (Å²) in [6.07, 6.45) is 1.03. The van der Waals surface area contributed by atoms with Gasteiger partial charge in [-0.2, -0.15) is 0 Å². The third-order valence-electron chi connectivity index (χ3n) is 4.77. The van der Waals surface area contributed by atoms with Crippen LogP contribution in [0.4, 0.5) is 4.79 Å². The number of likely N-dealkylation sites (tertiary alicyclic amines) is 1. The zero-order valence-electron chi connectivity index (χ0n) is 15.5. The van der Waals surface area contributed by atoms with Crippen LogP contribution in [0.2, 0.25) is 0 Å². The topological polar surface area (TPSA) is 44.8 Å². The van der Waals surface area contributed by atoms with Gasteiger partial charge in [-0.1, -0.05) is 42.5 Å². The Bertz CT molecular complexity index is 718. The van der Waals surface area contributed by atoms with Gasteiger partial charge in [-0.05, 0) is 43.8 Å². The van der Waals surface area contributed by atoms with E-state index in [-0.39, 0.29) is 6.03 Å². The quantitative estimate of drug-likeness (QED) is 0.868. The normalized spacial score (nSPS) is 16.7. The lowest BCUT2D eigenvalue weighted by Crippen LogP contribution is -2.40. The predicted octanol–water partition coefficient (Wildman–Crippen LogP) is 3.11. The van der Waals surface area contributed by atoms with Crippen LogP contribution in [0.15, 0.2) is 54.6 Å². The number of ether oxygens (including phenoxy) is 1. The maximum Gasteiger partial charge on any atom is 0.317 e. The summed E-state index contributed by atoms with van der Waals surface area (Å²) in [5, 5.41) is 3.01. The molecule has 1 aliphatic rings. The SMILES string of the molecule is CN(C)C1CCN(C(=O)NCc2cccc(OCc3ccccc3)c2)C1. The lowest BCUT2D eigenvalue weighted by molar-refractivity contribution is 0.203. The molecule has 3 rings (SSSR count). The molecule has 1 atom stereocenters. The smallest absolute Gasteiger partial charge is 0.317 e. The number of benzene rings is 2. The Labute approximate surface area is 155 Å². The standard InChI is InChI=1S/C21H27N3O2/c1-23(2)19-11-12-24(15-19)21(25)22-14-18-9-6-10-20(13-18)26-16-17-7-4-3-5-8-17/h3-10,13,19H,11-12,14-16H2,1-2H3,(H,22,25). The van der Waals surface area contributed by atoms with Gasteiger partial charge in [-0.3, -0.25) is 0 Å². The van der Waals surface area contributed by atoms with Gasteiger partial charge in [-0.15, -0.1) is 0 Å². The van der Waals surface area contributed by atoms with Crippen molar-refractivity contribution in [2.45, 2.75) is 25.6 Å². The zero-order chi connectivity index (χ0) is 18.4. The lowest BCUT2D eigenvalue weighted by Gasteiger charge is -2.20. The summed E-state index contributed by atoms with van der Waals surface area (Å²) in [6, 6.07) is 18.4. The second-order valence-corrected chi connectivity index (χ2v) is 6.93. The Hall–Kier alpha value is -2.53. The summed E-state index contributed by atoms with van der Waals surface area (Å²) in [5.41, 5.74) is 2.17. The number of likely N-dealkylation sites (N-methyl/N-ethyl adjacent to an activating group) is 1. The number of carbonyl (C=O) groups excluding carboxylic acids is 1. The number of hydrogen-bond donors (Lipinski definition) is 1. The molecule has 2 aromatic rings. The Kier molecular flexibility index (Phi) is 6.12. The molecule has 0 radical (unpaired) electrons. The Morgan fingerprint density at radius 1 is 1.15 bits per heavy atom. The fraction of sp³-hybridized carbons (Fsp3) is 0.381. The first-order chi connectivity index (χ1) is 12.6. The number of nitrogens with zero attached hydrogens (tertiary/aromatic N) is 2. The van der Waals surface area contributed by atoms with Crippen LogP contribution >= 0.6 is 0 Å². The number of hydrogen-bond acceptors (Lipinski definition) is 3. The molecule has 0 bridgehead atoms. The molecule has 0 aliphatic carbocycles. The molecule has 0 aromatic heterocycles. The van der Waals surface area contributed by atoms with Gasteiger partial charge in [-0.25, -0.2) is 4.79 Å². The highest BCUT2D eigenvalue weighted by atomic mass is 16.5. The van der Waals surface area contributed by atoms with Crippen molar-refractivity contribution in [1.29, 1.82) is 0 Å². The fourth-order valence-electron chi connectivity index (χ4n) is 3.12. The predicted molar refractivity (Wildman–Crippen MR) is 103 cm³/mol. The molecule has 1 fully saturated rings. The van der Waals surface area contributed by atoms with Crippen LogP contribution in [0.5, 0.6) is 5.75 Å². The molecule has 0 spiro atoms. The largest absolute Gasteiger partial charge is 0.489 e. The monoisotopic (exact) mass is 353 g/mol. The van der Waals surface area contributed by atoms with E-state index in [9.17, 15) is 4.79 Å². The molecule has 26 heavy (non-hydrogen) atoms. The maximum absolute atomic E-state index is 12.3. The fourth-order valence-corrected chi connectivity index (χ4v) is 3.12. The second kappa shape index (κ2) is 8.72. The van der Waals surface area contributed by atoms with Crippen LogP contribution in [0.25, 0.3) is 0 Å². The molecule has 5 nitrogen and oxygen atoms in total. The summed E-state index contributed by atoms with van der Waals surface area (Å²) in [4.78, 5) is 16.4. The highest BCUT2D eigenvalue weighted by Gasteiger charge is 2.27. The van der Waals surface area contributed by atoms with E-state index in [4.69, 9.17) is 4.74 Å². The van der Waals surface area contributed by atoms with Crippen LogP contribution in [-0.4, -0.2) is 49.1 Å². The average Bonchev–Trinajstić information content (AvgIpc) is 3.16. The molecule has 138 valence electrons. The van der Waals surface area contributed by atoms with E-state index in [1.165, 1.54) is 0 Å². The van der Waals surface area contributed by atoms with E-state index < -0.39 is 0 Å². The first-order valence-electron chi connectivity index (χ1n) is 9.06. The average molecular weight is 353 g/mol. The number of carbonyl (C=O) groups is 1. The second-order valence-electron chi connectivity index (χ2n) is 6.93. The molecule has 0 saturated carbocycles. The van der Waals surface area contributed by atoms with Gasteiger partial charge >= 0.3 is 6.03 Å². The minimum absolute atomic E-state index is 0.00459.